The third-order valence-electron chi connectivity index (χ3n) is 2.79. The summed E-state index contributed by atoms with van der Waals surface area (Å²) in [6.45, 7) is 4.12. The number of hydrogen-bond acceptors (Lipinski definition) is 2. The molecule has 2 aromatic rings. The molecule has 0 bridgehead atoms. The van der Waals surface area contributed by atoms with Crippen LogP contribution in [0.4, 0.5) is 4.39 Å². The van der Waals surface area contributed by atoms with E-state index >= 15 is 0 Å². The van der Waals surface area contributed by atoms with Gasteiger partial charge in [-0.15, -0.1) is 0 Å². The first-order chi connectivity index (χ1) is 8.52. The fourth-order valence-electron chi connectivity index (χ4n) is 1.76. The summed E-state index contributed by atoms with van der Waals surface area (Å²) in [5.41, 5.74) is 2.72. The number of halogens is 2. The van der Waals surface area contributed by atoms with E-state index in [1.165, 1.54) is 12.1 Å². The van der Waals surface area contributed by atoms with E-state index in [9.17, 15) is 4.39 Å². The first kappa shape index (κ1) is 12.8. The number of rotatable bonds is 2. The highest BCUT2D eigenvalue weighted by Crippen LogP contribution is 2.21. The van der Waals surface area contributed by atoms with Crippen LogP contribution in [0.5, 0.6) is 0 Å². The van der Waals surface area contributed by atoms with Crippen molar-refractivity contribution in [2.45, 2.75) is 20.4 Å². The molecular formula is C13H11BrFN3. The lowest BCUT2D eigenvalue weighted by molar-refractivity contribution is 0.578. The number of benzene rings is 1. The third-order valence-corrected chi connectivity index (χ3v) is 3.94. The summed E-state index contributed by atoms with van der Waals surface area (Å²) >= 11 is 3.43. The van der Waals surface area contributed by atoms with E-state index in [4.69, 9.17) is 5.26 Å². The highest BCUT2D eigenvalue weighted by Gasteiger charge is 2.11. The lowest BCUT2D eigenvalue weighted by Crippen LogP contribution is -2.06. The molecule has 0 unspecified atom stereocenters. The Bertz CT molecular complexity index is 640. The summed E-state index contributed by atoms with van der Waals surface area (Å²) in [6.07, 6.45) is 0. The monoisotopic (exact) mass is 307 g/mol. The van der Waals surface area contributed by atoms with Crippen molar-refractivity contribution in [2.75, 3.05) is 0 Å². The van der Waals surface area contributed by atoms with Crippen LogP contribution in [0.1, 0.15) is 22.5 Å². The van der Waals surface area contributed by atoms with Gasteiger partial charge in [-0.2, -0.15) is 10.4 Å². The van der Waals surface area contributed by atoms with Crippen molar-refractivity contribution < 1.29 is 4.39 Å². The Labute approximate surface area is 113 Å². The molecule has 18 heavy (non-hydrogen) atoms. The second-order valence-corrected chi connectivity index (χ2v) is 4.85. The lowest BCUT2D eigenvalue weighted by Gasteiger charge is -2.06. The topological polar surface area (TPSA) is 41.6 Å². The van der Waals surface area contributed by atoms with E-state index in [0.717, 1.165) is 15.9 Å². The van der Waals surface area contributed by atoms with Crippen LogP contribution < -0.4 is 0 Å². The van der Waals surface area contributed by atoms with E-state index in [2.05, 4.69) is 21.0 Å². The number of nitrogens with zero attached hydrogens (tertiary/aromatic N) is 3. The minimum absolute atomic E-state index is 0.319. The van der Waals surface area contributed by atoms with Crippen molar-refractivity contribution >= 4 is 15.9 Å². The minimum Gasteiger partial charge on any atom is -0.264 e. The van der Waals surface area contributed by atoms with E-state index in [1.807, 2.05) is 19.9 Å². The smallest absolute Gasteiger partial charge is 0.128 e. The fraction of sp³-hybridized carbons (Fsp3) is 0.231. The van der Waals surface area contributed by atoms with Crippen LogP contribution >= 0.6 is 15.9 Å². The Morgan fingerprint density at radius 2 is 2.17 bits per heavy atom. The normalized spacial score (nSPS) is 10.4. The molecule has 0 saturated carbocycles. The van der Waals surface area contributed by atoms with Gasteiger partial charge in [0.1, 0.15) is 5.82 Å². The van der Waals surface area contributed by atoms with Crippen molar-refractivity contribution in [1.29, 1.82) is 5.26 Å². The molecule has 0 radical (unpaired) electrons. The van der Waals surface area contributed by atoms with E-state index in [0.29, 0.717) is 17.7 Å². The van der Waals surface area contributed by atoms with Crippen LogP contribution in [0.2, 0.25) is 0 Å². The summed E-state index contributed by atoms with van der Waals surface area (Å²) in [4.78, 5) is 0. The van der Waals surface area contributed by atoms with Gasteiger partial charge in [0.2, 0.25) is 0 Å². The summed E-state index contributed by atoms with van der Waals surface area (Å²) in [7, 11) is 0. The maximum atomic E-state index is 13.7. The fourth-order valence-corrected chi connectivity index (χ4v) is 2.04. The molecule has 0 aliphatic heterocycles. The minimum atomic E-state index is -0.322. The standard InChI is InChI=1S/C13H11BrFN3/c1-8-13(14)9(2)18(17-8)7-11-5-10(6-16)3-4-12(11)15/h3-5H,7H2,1-2H3. The van der Waals surface area contributed by atoms with Crippen LogP contribution in [0.15, 0.2) is 22.7 Å². The van der Waals surface area contributed by atoms with Gasteiger partial charge >= 0.3 is 0 Å². The Balaban J connectivity index is 2.40. The Hall–Kier alpha value is -1.67. The predicted octanol–water partition coefficient (Wildman–Crippen LogP) is 3.32. The zero-order valence-corrected chi connectivity index (χ0v) is 11.6. The molecule has 5 heteroatoms. The molecule has 0 fully saturated rings. The molecule has 3 nitrogen and oxygen atoms in total. The number of aromatic nitrogens is 2. The highest BCUT2D eigenvalue weighted by molar-refractivity contribution is 9.10. The lowest BCUT2D eigenvalue weighted by atomic mass is 10.1. The van der Waals surface area contributed by atoms with Crippen molar-refractivity contribution in [3.63, 3.8) is 0 Å². The van der Waals surface area contributed by atoms with Crippen LogP contribution in [0.25, 0.3) is 0 Å². The molecular weight excluding hydrogens is 297 g/mol. The maximum Gasteiger partial charge on any atom is 0.128 e. The van der Waals surface area contributed by atoms with Crippen LogP contribution in [0, 0.1) is 31.0 Å². The van der Waals surface area contributed by atoms with E-state index < -0.39 is 0 Å². The van der Waals surface area contributed by atoms with Crippen molar-refractivity contribution in [3.05, 3.63) is 51.0 Å². The quantitative estimate of drug-likeness (QED) is 0.854. The van der Waals surface area contributed by atoms with Crippen molar-refractivity contribution in [1.82, 2.24) is 9.78 Å². The van der Waals surface area contributed by atoms with Gasteiger partial charge in [0.15, 0.2) is 0 Å². The number of nitriles is 1. The van der Waals surface area contributed by atoms with Gasteiger partial charge in [0.25, 0.3) is 0 Å². The Kier molecular flexibility index (Phi) is 3.48. The predicted molar refractivity (Wildman–Crippen MR) is 69.6 cm³/mol. The molecule has 0 aliphatic carbocycles. The zero-order valence-electron chi connectivity index (χ0n) is 10.0. The molecule has 1 heterocycles. The van der Waals surface area contributed by atoms with E-state index in [1.54, 1.807) is 10.7 Å². The highest BCUT2D eigenvalue weighted by atomic mass is 79.9. The molecule has 0 amide bonds. The average molecular weight is 308 g/mol. The Morgan fingerprint density at radius 3 is 2.72 bits per heavy atom. The summed E-state index contributed by atoms with van der Waals surface area (Å²) in [6, 6.07) is 6.34. The second kappa shape index (κ2) is 4.91. The average Bonchev–Trinajstić information content (AvgIpc) is 2.60. The molecule has 0 N–H and O–H groups in total. The maximum absolute atomic E-state index is 13.7. The third kappa shape index (κ3) is 2.29. The first-order valence-corrected chi connectivity index (χ1v) is 6.20. The zero-order chi connectivity index (χ0) is 13.3. The van der Waals surface area contributed by atoms with Gasteiger partial charge in [-0.05, 0) is 48.0 Å². The summed E-state index contributed by atoms with van der Waals surface area (Å²) in [5, 5.41) is 13.1. The molecule has 0 aliphatic rings. The van der Waals surface area contributed by atoms with Crippen LogP contribution in [0.3, 0.4) is 0 Å². The van der Waals surface area contributed by atoms with Crippen molar-refractivity contribution in [2.24, 2.45) is 0 Å². The number of hydrogen-bond donors (Lipinski definition) is 0. The second-order valence-electron chi connectivity index (χ2n) is 4.06. The van der Waals surface area contributed by atoms with Gasteiger partial charge in [-0.25, -0.2) is 4.39 Å². The molecule has 1 aromatic heterocycles. The molecule has 0 spiro atoms. The Morgan fingerprint density at radius 1 is 1.44 bits per heavy atom. The summed E-state index contributed by atoms with van der Waals surface area (Å²) < 4.78 is 16.3. The van der Waals surface area contributed by atoms with E-state index in [-0.39, 0.29) is 5.82 Å². The van der Waals surface area contributed by atoms with Gasteiger partial charge < -0.3 is 0 Å². The molecule has 92 valence electrons. The van der Waals surface area contributed by atoms with Gasteiger partial charge in [0, 0.05) is 5.56 Å². The van der Waals surface area contributed by atoms with Crippen LogP contribution in [-0.2, 0) is 6.54 Å². The van der Waals surface area contributed by atoms with Gasteiger partial charge in [0.05, 0.1) is 34.0 Å². The first-order valence-electron chi connectivity index (χ1n) is 5.41. The van der Waals surface area contributed by atoms with Crippen LogP contribution in [-0.4, -0.2) is 9.78 Å². The van der Waals surface area contributed by atoms with Crippen molar-refractivity contribution in [3.8, 4) is 6.07 Å². The summed E-state index contributed by atoms with van der Waals surface area (Å²) in [5.74, 6) is -0.322. The molecule has 2 rings (SSSR count). The molecule has 0 saturated heterocycles. The SMILES string of the molecule is Cc1nn(Cc2cc(C#N)ccc2F)c(C)c1Br. The molecule has 1 aromatic carbocycles. The van der Waals surface area contributed by atoms with Gasteiger partial charge in [-0.1, -0.05) is 0 Å². The number of aryl methyl sites for hydroxylation is 1. The van der Waals surface area contributed by atoms with Gasteiger partial charge in [-0.3, -0.25) is 4.68 Å². The molecule has 0 atom stereocenters. The largest absolute Gasteiger partial charge is 0.264 e.